The van der Waals surface area contributed by atoms with E-state index in [0.717, 1.165) is 16.7 Å². The van der Waals surface area contributed by atoms with Crippen molar-refractivity contribution in [3.63, 3.8) is 0 Å². The molecule has 0 spiro atoms. The Bertz CT molecular complexity index is 1130. The van der Waals surface area contributed by atoms with Crippen LogP contribution in [0.3, 0.4) is 0 Å². The number of nitrogens with one attached hydrogen (secondary N) is 1. The van der Waals surface area contributed by atoms with Gasteiger partial charge < -0.3 is 4.90 Å². The molecular formula is C25H22ClN3O2S. The van der Waals surface area contributed by atoms with Crippen molar-refractivity contribution in [2.24, 2.45) is 5.10 Å². The lowest BCUT2D eigenvalue weighted by Gasteiger charge is -2.24. The van der Waals surface area contributed by atoms with Crippen LogP contribution in [0.1, 0.15) is 39.3 Å². The molecule has 1 aliphatic heterocycles. The maximum atomic E-state index is 12.5. The van der Waals surface area contributed by atoms with E-state index in [0.29, 0.717) is 28.6 Å². The van der Waals surface area contributed by atoms with Gasteiger partial charge in [-0.15, -0.1) is 11.8 Å². The molecule has 3 aromatic rings. The Morgan fingerprint density at radius 1 is 1.03 bits per heavy atom. The van der Waals surface area contributed by atoms with Gasteiger partial charge in [0.25, 0.3) is 5.91 Å². The fourth-order valence-corrected chi connectivity index (χ4v) is 4.75. The first kappa shape index (κ1) is 22.1. The van der Waals surface area contributed by atoms with E-state index in [9.17, 15) is 9.59 Å². The molecule has 1 N–H and O–H groups in total. The molecule has 0 unspecified atom stereocenters. The standard InChI is InChI=1S/C25H22ClN3O2S/c1-17(19-11-13-22(26)14-12-19)27-28-24(31)20-7-9-21(10-8-20)25-29(23(30)16-32-25)15-18-5-3-2-4-6-18/h2-14,25H,15-16H2,1H3,(H,28,31)/b27-17-/t25-/m0/s1. The van der Waals surface area contributed by atoms with E-state index in [2.05, 4.69) is 10.5 Å². The average molecular weight is 464 g/mol. The van der Waals surface area contributed by atoms with Crippen LogP contribution in [0.25, 0.3) is 0 Å². The minimum atomic E-state index is -0.291. The number of carbonyl (C=O) groups excluding carboxylic acids is 2. The van der Waals surface area contributed by atoms with Crippen molar-refractivity contribution < 1.29 is 9.59 Å². The van der Waals surface area contributed by atoms with Crippen LogP contribution >= 0.6 is 23.4 Å². The SMILES string of the molecule is C/C(=N/NC(=O)c1ccc([C@@H]2SCC(=O)N2Cc2ccccc2)cc1)c1ccc(Cl)cc1. The number of hydrogen-bond donors (Lipinski definition) is 1. The number of hydrogen-bond acceptors (Lipinski definition) is 4. The number of benzene rings is 3. The smallest absolute Gasteiger partial charge is 0.271 e. The molecule has 2 amide bonds. The van der Waals surface area contributed by atoms with Crippen LogP contribution in [0.5, 0.6) is 0 Å². The van der Waals surface area contributed by atoms with E-state index >= 15 is 0 Å². The lowest BCUT2D eigenvalue weighted by molar-refractivity contribution is -0.128. The first-order chi connectivity index (χ1) is 15.5. The summed E-state index contributed by atoms with van der Waals surface area (Å²) in [5, 5.41) is 4.77. The number of hydrazone groups is 1. The van der Waals surface area contributed by atoms with Gasteiger partial charge in [0.15, 0.2) is 0 Å². The van der Waals surface area contributed by atoms with E-state index < -0.39 is 0 Å². The van der Waals surface area contributed by atoms with E-state index in [1.807, 2.05) is 66.4 Å². The highest BCUT2D eigenvalue weighted by Gasteiger charge is 2.32. The van der Waals surface area contributed by atoms with Gasteiger partial charge in [-0.05, 0) is 47.9 Å². The molecule has 162 valence electrons. The zero-order chi connectivity index (χ0) is 22.5. The first-order valence-corrected chi connectivity index (χ1v) is 11.6. The predicted molar refractivity (Wildman–Crippen MR) is 130 cm³/mol. The molecule has 1 aliphatic rings. The lowest BCUT2D eigenvalue weighted by Crippen LogP contribution is -2.27. The lowest BCUT2D eigenvalue weighted by atomic mass is 10.1. The zero-order valence-corrected chi connectivity index (χ0v) is 19.1. The molecule has 1 saturated heterocycles. The van der Waals surface area contributed by atoms with Gasteiger partial charge in [0.05, 0.1) is 11.5 Å². The Labute approximate surface area is 196 Å². The van der Waals surface area contributed by atoms with Crippen LogP contribution in [-0.4, -0.2) is 28.2 Å². The topological polar surface area (TPSA) is 61.8 Å². The quantitative estimate of drug-likeness (QED) is 0.400. The second-order valence-electron chi connectivity index (χ2n) is 7.44. The van der Waals surface area contributed by atoms with Crippen LogP contribution in [0.15, 0.2) is 84.0 Å². The van der Waals surface area contributed by atoms with Crippen molar-refractivity contribution in [3.05, 3.63) is 106 Å². The predicted octanol–water partition coefficient (Wildman–Crippen LogP) is 5.27. The Hall–Kier alpha value is -3.09. The summed E-state index contributed by atoms with van der Waals surface area (Å²) in [4.78, 5) is 26.8. The Morgan fingerprint density at radius 2 is 1.69 bits per heavy atom. The summed E-state index contributed by atoms with van der Waals surface area (Å²) >= 11 is 7.51. The highest BCUT2D eigenvalue weighted by atomic mass is 35.5. The molecule has 0 aromatic heterocycles. The number of thioether (sulfide) groups is 1. The van der Waals surface area contributed by atoms with Gasteiger partial charge in [-0.3, -0.25) is 9.59 Å². The molecule has 32 heavy (non-hydrogen) atoms. The molecule has 1 fully saturated rings. The number of carbonyl (C=O) groups is 2. The average Bonchev–Trinajstić information content (AvgIpc) is 3.18. The largest absolute Gasteiger partial charge is 0.322 e. The molecule has 7 heteroatoms. The molecule has 4 rings (SSSR count). The maximum absolute atomic E-state index is 12.5. The molecule has 0 radical (unpaired) electrons. The van der Waals surface area contributed by atoms with Crippen molar-refractivity contribution in [2.75, 3.05) is 5.75 Å². The molecule has 0 aliphatic carbocycles. The summed E-state index contributed by atoms with van der Waals surface area (Å²) < 4.78 is 0. The van der Waals surface area contributed by atoms with Gasteiger partial charge in [0.1, 0.15) is 5.37 Å². The third-order valence-corrected chi connectivity index (χ3v) is 6.72. The molecular weight excluding hydrogens is 442 g/mol. The number of rotatable bonds is 6. The van der Waals surface area contributed by atoms with Crippen LogP contribution in [0, 0.1) is 0 Å². The van der Waals surface area contributed by atoms with Gasteiger partial charge in [-0.2, -0.15) is 5.10 Å². The maximum Gasteiger partial charge on any atom is 0.271 e. The summed E-state index contributed by atoms with van der Waals surface area (Å²) in [5.74, 6) is 0.289. The van der Waals surface area contributed by atoms with E-state index in [4.69, 9.17) is 11.6 Å². The third kappa shape index (κ3) is 5.21. The number of halogens is 1. The third-order valence-electron chi connectivity index (χ3n) is 5.21. The summed E-state index contributed by atoms with van der Waals surface area (Å²) in [6.45, 7) is 2.39. The van der Waals surface area contributed by atoms with E-state index in [1.165, 1.54) is 0 Å². The highest BCUT2D eigenvalue weighted by Crippen LogP contribution is 2.39. The van der Waals surface area contributed by atoms with Crippen LogP contribution in [0.4, 0.5) is 0 Å². The van der Waals surface area contributed by atoms with Crippen molar-refractivity contribution in [1.29, 1.82) is 0 Å². The monoisotopic (exact) mass is 463 g/mol. The molecule has 3 aromatic carbocycles. The number of nitrogens with zero attached hydrogens (tertiary/aromatic N) is 2. The summed E-state index contributed by atoms with van der Waals surface area (Å²) in [7, 11) is 0. The normalized spacial score (nSPS) is 16.3. The molecule has 0 saturated carbocycles. The summed E-state index contributed by atoms with van der Waals surface area (Å²) in [6.07, 6.45) is 0. The summed E-state index contributed by atoms with van der Waals surface area (Å²) in [5.41, 5.74) is 6.76. The molecule has 0 bridgehead atoms. The van der Waals surface area contributed by atoms with Crippen molar-refractivity contribution in [1.82, 2.24) is 10.3 Å². The second kappa shape index (κ2) is 10.0. The molecule has 1 atom stereocenters. The van der Waals surface area contributed by atoms with E-state index in [-0.39, 0.29) is 17.2 Å². The Morgan fingerprint density at radius 3 is 2.38 bits per heavy atom. The van der Waals surface area contributed by atoms with Crippen molar-refractivity contribution in [2.45, 2.75) is 18.8 Å². The van der Waals surface area contributed by atoms with Gasteiger partial charge in [-0.25, -0.2) is 5.43 Å². The Kier molecular flexibility index (Phi) is 6.93. The zero-order valence-electron chi connectivity index (χ0n) is 17.5. The highest BCUT2D eigenvalue weighted by molar-refractivity contribution is 8.00. The van der Waals surface area contributed by atoms with Crippen molar-refractivity contribution >= 4 is 40.9 Å². The minimum absolute atomic E-state index is 0.0648. The molecule has 1 heterocycles. The van der Waals surface area contributed by atoms with Gasteiger partial charge in [0.2, 0.25) is 5.91 Å². The minimum Gasteiger partial charge on any atom is -0.322 e. The first-order valence-electron chi connectivity index (χ1n) is 10.2. The van der Waals surface area contributed by atoms with Crippen LogP contribution in [0.2, 0.25) is 5.02 Å². The van der Waals surface area contributed by atoms with Crippen molar-refractivity contribution in [3.8, 4) is 0 Å². The molecule has 5 nitrogen and oxygen atoms in total. The van der Waals surface area contributed by atoms with Gasteiger partial charge >= 0.3 is 0 Å². The second-order valence-corrected chi connectivity index (χ2v) is 8.94. The van der Waals surface area contributed by atoms with Crippen LogP contribution < -0.4 is 5.43 Å². The Balaban J connectivity index is 1.42. The summed E-state index contributed by atoms with van der Waals surface area (Å²) in [6, 6.07) is 24.6. The van der Waals surface area contributed by atoms with Crippen LogP contribution in [-0.2, 0) is 11.3 Å². The van der Waals surface area contributed by atoms with E-state index in [1.54, 1.807) is 36.0 Å². The fraction of sp³-hybridized carbons (Fsp3) is 0.160. The fourth-order valence-electron chi connectivity index (χ4n) is 3.44. The van der Waals surface area contributed by atoms with Gasteiger partial charge in [-0.1, -0.05) is 66.2 Å². The number of amides is 2. The van der Waals surface area contributed by atoms with Gasteiger partial charge in [0, 0.05) is 17.1 Å².